The van der Waals surface area contributed by atoms with E-state index in [1.807, 2.05) is 36.8 Å². The van der Waals surface area contributed by atoms with Crippen molar-refractivity contribution in [1.29, 1.82) is 0 Å². The van der Waals surface area contributed by atoms with Crippen LogP contribution in [0.15, 0.2) is 48.0 Å². The van der Waals surface area contributed by atoms with Gasteiger partial charge in [-0.1, -0.05) is 12.1 Å². The van der Waals surface area contributed by atoms with Crippen LogP contribution in [-0.4, -0.2) is 36.2 Å². The molecule has 0 aliphatic heterocycles. The third kappa shape index (κ3) is 6.89. The Morgan fingerprint density at radius 1 is 1.26 bits per heavy atom. The first-order valence-corrected chi connectivity index (χ1v) is 7.35. The second kappa shape index (κ2) is 10.9. The Kier molecular flexibility index (Phi) is 9.11. The van der Waals surface area contributed by atoms with E-state index in [4.69, 9.17) is 4.74 Å². The van der Waals surface area contributed by atoms with Crippen LogP contribution in [0.25, 0.3) is 0 Å². The maximum Gasteiger partial charge on any atom is 0.191 e. The number of aryl methyl sites for hydroxylation is 1. The SMILES string of the molecule is CN=C(NCCCn1ccnc1)NCc1ccc(OC)cc1.I. The molecule has 0 saturated heterocycles. The molecule has 2 rings (SSSR count). The van der Waals surface area contributed by atoms with E-state index in [0.29, 0.717) is 0 Å². The Bertz CT molecular complexity index is 569. The summed E-state index contributed by atoms with van der Waals surface area (Å²) in [4.78, 5) is 8.25. The largest absolute Gasteiger partial charge is 0.497 e. The van der Waals surface area contributed by atoms with Gasteiger partial charge in [-0.25, -0.2) is 4.98 Å². The number of halogens is 1. The first-order valence-electron chi connectivity index (χ1n) is 7.35. The van der Waals surface area contributed by atoms with Gasteiger partial charge in [0.15, 0.2) is 5.96 Å². The Morgan fingerprint density at radius 3 is 2.65 bits per heavy atom. The summed E-state index contributed by atoms with van der Waals surface area (Å²) < 4.78 is 7.21. The van der Waals surface area contributed by atoms with Crippen molar-refractivity contribution in [2.75, 3.05) is 20.7 Å². The number of aliphatic imine (C=N–C) groups is 1. The molecule has 0 bridgehead atoms. The molecular weight excluding hydrogens is 405 g/mol. The van der Waals surface area contributed by atoms with Gasteiger partial charge in [0.1, 0.15) is 5.75 Å². The van der Waals surface area contributed by atoms with Crippen LogP contribution < -0.4 is 15.4 Å². The molecule has 0 fully saturated rings. The topological polar surface area (TPSA) is 63.5 Å². The van der Waals surface area contributed by atoms with Crippen LogP contribution in [0.1, 0.15) is 12.0 Å². The zero-order valence-corrected chi connectivity index (χ0v) is 15.9. The van der Waals surface area contributed by atoms with Gasteiger partial charge < -0.3 is 19.9 Å². The number of ether oxygens (including phenoxy) is 1. The lowest BCUT2D eigenvalue weighted by Gasteiger charge is -2.12. The van der Waals surface area contributed by atoms with Crippen LogP contribution in [0.2, 0.25) is 0 Å². The highest BCUT2D eigenvalue weighted by atomic mass is 127. The number of hydrogen-bond acceptors (Lipinski definition) is 3. The zero-order chi connectivity index (χ0) is 15.6. The van der Waals surface area contributed by atoms with Gasteiger partial charge in [-0.3, -0.25) is 4.99 Å². The average Bonchev–Trinajstić information content (AvgIpc) is 3.08. The molecule has 0 atom stereocenters. The summed E-state index contributed by atoms with van der Waals surface area (Å²) >= 11 is 0. The third-order valence-electron chi connectivity index (χ3n) is 3.29. The molecule has 126 valence electrons. The Hall–Kier alpha value is -1.77. The quantitative estimate of drug-likeness (QED) is 0.307. The van der Waals surface area contributed by atoms with Crippen LogP contribution in [0.5, 0.6) is 5.75 Å². The highest BCUT2D eigenvalue weighted by molar-refractivity contribution is 14.0. The van der Waals surface area contributed by atoms with E-state index in [9.17, 15) is 0 Å². The van der Waals surface area contributed by atoms with Crippen molar-refractivity contribution < 1.29 is 4.74 Å². The summed E-state index contributed by atoms with van der Waals surface area (Å²) in [7, 11) is 3.45. The number of benzene rings is 1. The maximum absolute atomic E-state index is 5.15. The van der Waals surface area contributed by atoms with E-state index in [1.54, 1.807) is 20.4 Å². The molecule has 0 aliphatic rings. The Labute approximate surface area is 154 Å². The molecule has 2 aromatic rings. The van der Waals surface area contributed by atoms with Crippen LogP contribution >= 0.6 is 24.0 Å². The lowest BCUT2D eigenvalue weighted by molar-refractivity contribution is 0.414. The molecule has 1 heterocycles. The van der Waals surface area contributed by atoms with Gasteiger partial charge in [0.25, 0.3) is 0 Å². The third-order valence-corrected chi connectivity index (χ3v) is 3.29. The second-order valence-electron chi connectivity index (χ2n) is 4.85. The van der Waals surface area contributed by atoms with Gasteiger partial charge in [-0.2, -0.15) is 0 Å². The molecule has 0 aliphatic carbocycles. The minimum Gasteiger partial charge on any atom is -0.497 e. The fraction of sp³-hybridized carbons (Fsp3) is 0.375. The number of guanidine groups is 1. The molecule has 1 aromatic heterocycles. The summed E-state index contributed by atoms with van der Waals surface area (Å²) in [5.74, 6) is 1.67. The monoisotopic (exact) mass is 429 g/mol. The number of rotatable bonds is 7. The van der Waals surface area contributed by atoms with Gasteiger partial charge >= 0.3 is 0 Å². The number of imidazole rings is 1. The van der Waals surface area contributed by atoms with Crippen molar-refractivity contribution in [1.82, 2.24) is 20.2 Å². The highest BCUT2D eigenvalue weighted by Gasteiger charge is 1.99. The Morgan fingerprint density at radius 2 is 2.04 bits per heavy atom. The molecule has 0 amide bonds. The first-order chi connectivity index (χ1) is 10.8. The van der Waals surface area contributed by atoms with Crippen molar-refractivity contribution in [3.63, 3.8) is 0 Å². The number of aromatic nitrogens is 2. The van der Waals surface area contributed by atoms with E-state index in [0.717, 1.165) is 37.8 Å². The molecular formula is C16H24IN5O. The van der Waals surface area contributed by atoms with Crippen molar-refractivity contribution in [3.05, 3.63) is 48.5 Å². The number of hydrogen-bond donors (Lipinski definition) is 2. The summed E-state index contributed by atoms with van der Waals surface area (Å²) in [5.41, 5.74) is 1.18. The number of nitrogens with one attached hydrogen (secondary N) is 2. The fourth-order valence-corrected chi connectivity index (χ4v) is 2.04. The van der Waals surface area contributed by atoms with E-state index in [-0.39, 0.29) is 24.0 Å². The van der Waals surface area contributed by atoms with Crippen LogP contribution in [0.3, 0.4) is 0 Å². The normalized spacial score (nSPS) is 10.8. The van der Waals surface area contributed by atoms with Crippen LogP contribution in [-0.2, 0) is 13.1 Å². The van der Waals surface area contributed by atoms with E-state index in [1.165, 1.54) is 5.56 Å². The van der Waals surface area contributed by atoms with Crippen molar-refractivity contribution >= 4 is 29.9 Å². The summed E-state index contributed by atoms with van der Waals surface area (Å²) in [5, 5.41) is 6.60. The maximum atomic E-state index is 5.15. The van der Waals surface area contributed by atoms with Gasteiger partial charge in [0.05, 0.1) is 13.4 Å². The molecule has 6 nitrogen and oxygen atoms in total. The lowest BCUT2D eigenvalue weighted by Crippen LogP contribution is -2.37. The van der Waals surface area contributed by atoms with Gasteiger partial charge in [0, 0.05) is 39.1 Å². The summed E-state index contributed by atoms with van der Waals surface area (Å²) in [6.45, 7) is 2.54. The fourth-order valence-electron chi connectivity index (χ4n) is 2.04. The summed E-state index contributed by atoms with van der Waals surface area (Å²) in [6.07, 6.45) is 6.61. The predicted molar refractivity (Wildman–Crippen MR) is 103 cm³/mol. The van der Waals surface area contributed by atoms with Crippen molar-refractivity contribution in [2.24, 2.45) is 4.99 Å². The van der Waals surface area contributed by atoms with Gasteiger partial charge in [-0.05, 0) is 24.1 Å². The van der Waals surface area contributed by atoms with Gasteiger partial charge in [-0.15, -0.1) is 24.0 Å². The Balaban J connectivity index is 0.00000264. The summed E-state index contributed by atoms with van der Waals surface area (Å²) in [6, 6.07) is 7.99. The van der Waals surface area contributed by atoms with Crippen LogP contribution in [0, 0.1) is 0 Å². The van der Waals surface area contributed by atoms with Crippen molar-refractivity contribution in [2.45, 2.75) is 19.5 Å². The van der Waals surface area contributed by atoms with E-state index in [2.05, 4.69) is 25.2 Å². The minimum atomic E-state index is 0. The molecule has 0 radical (unpaired) electrons. The molecule has 0 saturated carbocycles. The zero-order valence-electron chi connectivity index (χ0n) is 13.5. The molecule has 1 aromatic carbocycles. The standard InChI is InChI=1S/C16H23N5O.HI/c1-17-16(19-8-3-10-21-11-9-18-13-21)20-12-14-4-6-15(22-2)7-5-14;/h4-7,9,11,13H,3,8,10,12H2,1-2H3,(H2,17,19,20);1H. The van der Waals surface area contributed by atoms with E-state index >= 15 is 0 Å². The van der Waals surface area contributed by atoms with E-state index < -0.39 is 0 Å². The number of methoxy groups -OCH3 is 1. The molecule has 7 heteroatoms. The predicted octanol–water partition coefficient (Wildman–Crippen LogP) is 2.26. The highest BCUT2D eigenvalue weighted by Crippen LogP contribution is 2.10. The lowest BCUT2D eigenvalue weighted by atomic mass is 10.2. The molecule has 2 N–H and O–H groups in total. The van der Waals surface area contributed by atoms with Gasteiger partial charge in [0.2, 0.25) is 0 Å². The first kappa shape index (κ1) is 19.3. The average molecular weight is 429 g/mol. The molecule has 23 heavy (non-hydrogen) atoms. The number of nitrogens with zero attached hydrogens (tertiary/aromatic N) is 3. The molecule has 0 unspecified atom stereocenters. The second-order valence-corrected chi connectivity index (χ2v) is 4.85. The van der Waals surface area contributed by atoms with Crippen LogP contribution in [0.4, 0.5) is 0 Å². The molecule has 0 spiro atoms. The minimum absolute atomic E-state index is 0. The smallest absolute Gasteiger partial charge is 0.191 e. The van der Waals surface area contributed by atoms with Crippen molar-refractivity contribution in [3.8, 4) is 5.75 Å².